The molecule has 2 rings (SSSR count). The molecule has 0 aromatic heterocycles. The standard InChI is InChI=1S/C8H12N2O4/c11-7(12)9-1-5-2-10(8(13)14)4-6(5)3-9/h5-6H,1-4H2,(H,11,12)(H,13,14). The summed E-state index contributed by atoms with van der Waals surface area (Å²) in [6.07, 6.45) is -1.80. The molecule has 0 aromatic carbocycles. The highest BCUT2D eigenvalue weighted by molar-refractivity contribution is 5.67. The first-order valence-electron chi connectivity index (χ1n) is 4.53. The Kier molecular flexibility index (Phi) is 1.98. The molecule has 78 valence electrons. The molecule has 0 radical (unpaired) electrons. The van der Waals surface area contributed by atoms with E-state index in [-0.39, 0.29) is 11.8 Å². The van der Waals surface area contributed by atoms with Gasteiger partial charge in [-0.25, -0.2) is 9.59 Å². The molecule has 6 nitrogen and oxygen atoms in total. The summed E-state index contributed by atoms with van der Waals surface area (Å²) in [6.45, 7) is 1.90. The second-order valence-electron chi connectivity index (χ2n) is 3.90. The first-order chi connectivity index (χ1) is 6.58. The number of carboxylic acid groups (broad SMARTS) is 2. The van der Waals surface area contributed by atoms with Crippen LogP contribution in [0.4, 0.5) is 9.59 Å². The molecule has 2 amide bonds. The molecule has 0 aliphatic carbocycles. The van der Waals surface area contributed by atoms with Crippen LogP contribution in [-0.2, 0) is 0 Å². The van der Waals surface area contributed by atoms with Crippen molar-refractivity contribution < 1.29 is 19.8 Å². The van der Waals surface area contributed by atoms with Crippen LogP contribution in [0.1, 0.15) is 0 Å². The van der Waals surface area contributed by atoms with Crippen LogP contribution in [0, 0.1) is 11.8 Å². The Morgan fingerprint density at radius 1 is 0.857 bits per heavy atom. The van der Waals surface area contributed by atoms with Crippen molar-refractivity contribution in [3.8, 4) is 0 Å². The molecule has 2 N–H and O–H groups in total. The Bertz CT molecular complexity index is 241. The van der Waals surface area contributed by atoms with Crippen molar-refractivity contribution in [3.05, 3.63) is 0 Å². The summed E-state index contributed by atoms with van der Waals surface area (Å²) in [5.74, 6) is 0.393. The minimum atomic E-state index is -0.902. The highest BCUT2D eigenvalue weighted by Crippen LogP contribution is 2.30. The van der Waals surface area contributed by atoms with Crippen molar-refractivity contribution in [2.75, 3.05) is 26.2 Å². The van der Waals surface area contributed by atoms with Crippen molar-refractivity contribution >= 4 is 12.2 Å². The minimum absolute atomic E-state index is 0.196. The van der Waals surface area contributed by atoms with Gasteiger partial charge in [-0.2, -0.15) is 0 Å². The highest BCUT2D eigenvalue weighted by atomic mass is 16.4. The molecule has 0 spiro atoms. The lowest BCUT2D eigenvalue weighted by atomic mass is 10.0. The molecule has 0 bridgehead atoms. The molecule has 2 heterocycles. The van der Waals surface area contributed by atoms with Crippen LogP contribution in [0.25, 0.3) is 0 Å². The first kappa shape index (κ1) is 9.11. The lowest BCUT2D eigenvalue weighted by Gasteiger charge is -2.16. The van der Waals surface area contributed by atoms with Crippen molar-refractivity contribution in [3.63, 3.8) is 0 Å². The summed E-state index contributed by atoms with van der Waals surface area (Å²) < 4.78 is 0. The van der Waals surface area contributed by atoms with Crippen LogP contribution in [0.3, 0.4) is 0 Å². The maximum atomic E-state index is 10.6. The van der Waals surface area contributed by atoms with Gasteiger partial charge in [0.05, 0.1) is 0 Å². The summed E-state index contributed by atoms with van der Waals surface area (Å²) >= 11 is 0. The molecular formula is C8H12N2O4. The first-order valence-corrected chi connectivity index (χ1v) is 4.53. The molecule has 2 fully saturated rings. The van der Waals surface area contributed by atoms with E-state index in [1.54, 1.807) is 0 Å². The second kappa shape index (κ2) is 3.04. The summed E-state index contributed by atoms with van der Waals surface area (Å²) in [5, 5.41) is 17.5. The van der Waals surface area contributed by atoms with Crippen LogP contribution in [0.15, 0.2) is 0 Å². The number of hydrogen-bond donors (Lipinski definition) is 2. The van der Waals surface area contributed by atoms with Gasteiger partial charge in [0.25, 0.3) is 0 Å². The van der Waals surface area contributed by atoms with E-state index in [1.165, 1.54) is 9.80 Å². The van der Waals surface area contributed by atoms with Crippen molar-refractivity contribution in [1.82, 2.24) is 9.80 Å². The van der Waals surface area contributed by atoms with E-state index in [9.17, 15) is 9.59 Å². The molecule has 0 unspecified atom stereocenters. The van der Waals surface area contributed by atoms with E-state index in [1.807, 2.05) is 0 Å². The van der Waals surface area contributed by atoms with Crippen molar-refractivity contribution in [1.29, 1.82) is 0 Å². The van der Waals surface area contributed by atoms with Gasteiger partial charge in [-0.1, -0.05) is 0 Å². The molecule has 0 atom stereocenters. The largest absolute Gasteiger partial charge is 0.465 e. The fourth-order valence-corrected chi connectivity index (χ4v) is 2.31. The van der Waals surface area contributed by atoms with Crippen LogP contribution in [-0.4, -0.2) is 58.4 Å². The predicted molar refractivity (Wildman–Crippen MR) is 46.2 cm³/mol. The molecule has 14 heavy (non-hydrogen) atoms. The topological polar surface area (TPSA) is 81.1 Å². The smallest absolute Gasteiger partial charge is 0.407 e. The molecule has 0 aromatic rings. The Labute approximate surface area is 80.7 Å². The third-order valence-corrected chi connectivity index (χ3v) is 3.03. The van der Waals surface area contributed by atoms with Crippen LogP contribution < -0.4 is 0 Å². The molecule has 2 aliphatic rings. The van der Waals surface area contributed by atoms with Gasteiger partial charge in [-0.05, 0) is 0 Å². The number of hydrogen-bond acceptors (Lipinski definition) is 2. The van der Waals surface area contributed by atoms with E-state index in [4.69, 9.17) is 10.2 Å². The third kappa shape index (κ3) is 1.36. The number of carbonyl (C=O) groups is 2. The number of likely N-dealkylation sites (tertiary alicyclic amines) is 2. The van der Waals surface area contributed by atoms with Crippen LogP contribution in [0.5, 0.6) is 0 Å². The minimum Gasteiger partial charge on any atom is -0.465 e. The quantitative estimate of drug-likeness (QED) is 0.585. The molecule has 2 saturated heterocycles. The molecule has 2 aliphatic heterocycles. The average Bonchev–Trinajstić information content (AvgIpc) is 2.57. The van der Waals surface area contributed by atoms with Gasteiger partial charge >= 0.3 is 12.2 Å². The summed E-state index contributed by atoms with van der Waals surface area (Å²) in [5.41, 5.74) is 0. The summed E-state index contributed by atoms with van der Waals surface area (Å²) in [7, 11) is 0. The lowest BCUT2D eigenvalue weighted by molar-refractivity contribution is 0.140. The van der Waals surface area contributed by atoms with Crippen LogP contribution in [0.2, 0.25) is 0 Å². The number of amides is 2. The zero-order valence-corrected chi connectivity index (χ0v) is 7.59. The van der Waals surface area contributed by atoms with Gasteiger partial charge in [0.2, 0.25) is 0 Å². The van der Waals surface area contributed by atoms with Gasteiger partial charge in [-0.3, -0.25) is 0 Å². The van der Waals surface area contributed by atoms with Gasteiger partial charge < -0.3 is 20.0 Å². The third-order valence-electron chi connectivity index (χ3n) is 3.03. The van der Waals surface area contributed by atoms with E-state index in [0.717, 1.165) is 0 Å². The van der Waals surface area contributed by atoms with E-state index < -0.39 is 12.2 Å². The Hall–Kier alpha value is -1.46. The Morgan fingerprint density at radius 2 is 1.14 bits per heavy atom. The summed E-state index contributed by atoms with van der Waals surface area (Å²) in [4.78, 5) is 24.0. The average molecular weight is 200 g/mol. The highest BCUT2D eigenvalue weighted by Gasteiger charge is 2.42. The van der Waals surface area contributed by atoms with Gasteiger partial charge in [-0.15, -0.1) is 0 Å². The van der Waals surface area contributed by atoms with Gasteiger partial charge in [0.15, 0.2) is 0 Å². The SMILES string of the molecule is O=C(O)N1CC2CN(C(=O)O)CC2C1. The van der Waals surface area contributed by atoms with E-state index in [0.29, 0.717) is 26.2 Å². The van der Waals surface area contributed by atoms with E-state index in [2.05, 4.69) is 0 Å². The number of fused-ring (bicyclic) bond motifs is 1. The second-order valence-corrected chi connectivity index (χ2v) is 3.90. The molecule has 0 saturated carbocycles. The number of nitrogens with zero attached hydrogens (tertiary/aromatic N) is 2. The summed E-state index contributed by atoms with van der Waals surface area (Å²) in [6, 6.07) is 0. The normalized spacial score (nSPS) is 30.6. The maximum absolute atomic E-state index is 10.6. The van der Waals surface area contributed by atoms with E-state index >= 15 is 0 Å². The maximum Gasteiger partial charge on any atom is 0.407 e. The fraction of sp³-hybridized carbons (Fsp3) is 0.750. The van der Waals surface area contributed by atoms with Crippen LogP contribution >= 0.6 is 0 Å². The predicted octanol–water partition coefficient (Wildman–Crippen LogP) is 0.206. The van der Waals surface area contributed by atoms with Gasteiger partial charge in [0, 0.05) is 38.0 Å². The zero-order chi connectivity index (χ0) is 10.3. The van der Waals surface area contributed by atoms with Gasteiger partial charge in [0.1, 0.15) is 0 Å². The Morgan fingerprint density at radius 3 is 1.36 bits per heavy atom. The monoisotopic (exact) mass is 200 g/mol. The zero-order valence-electron chi connectivity index (χ0n) is 7.59. The molecular weight excluding hydrogens is 188 g/mol. The molecule has 6 heteroatoms. The fourth-order valence-electron chi connectivity index (χ4n) is 2.31. The Balaban J connectivity index is 1.96. The van der Waals surface area contributed by atoms with Crippen molar-refractivity contribution in [2.24, 2.45) is 11.8 Å². The lowest BCUT2D eigenvalue weighted by Crippen LogP contribution is -2.34. The number of rotatable bonds is 0. The van der Waals surface area contributed by atoms with Crippen molar-refractivity contribution in [2.45, 2.75) is 0 Å².